The van der Waals surface area contributed by atoms with Crippen molar-refractivity contribution < 1.29 is 4.74 Å². The van der Waals surface area contributed by atoms with E-state index in [9.17, 15) is 0 Å². The van der Waals surface area contributed by atoms with Crippen LogP contribution in [-0.4, -0.2) is 29.5 Å². The first-order chi connectivity index (χ1) is 6.34. The molecule has 0 aromatic carbocycles. The average molecular weight is 217 g/mol. The van der Waals surface area contributed by atoms with E-state index < -0.39 is 0 Å². The number of nitrogens with zero attached hydrogens (tertiary/aromatic N) is 1. The average Bonchev–Trinajstić information content (AvgIpc) is 2.53. The van der Waals surface area contributed by atoms with Crippen molar-refractivity contribution in [3.8, 4) is 0 Å². The fraction of sp³-hybridized carbons (Fsp3) is 0.714. The second-order valence-electron chi connectivity index (χ2n) is 2.95. The zero-order valence-corrected chi connectivity index (χ0v) is 8.71. The number of nitrogens with one attached hydrogen (secondary N) is 2. The molecular weight excluding hydrogens is 206 g/mol. The predicted octanol–water partition coefficient (Wildman–Crippen LogP) is 1.79. The highest BCUT2D eigenvalue weighted by Crippen LogP contribution is 2.16. The van der Waals surface area contributed by atoms with Crippen molar-refractivity contribution in [3.05, 3.63) is 3.95 Å². The molecule has 0 saturated carbocycles. The van der Waals surface area contributed by atoms with E-state index >= 15 is 0 Å². The Labute approximate surface area is 85.3 Å². The fourth-order valence-electron chi connectivity index (χ4n) is 1.31. The highest BCUT2D eigenvalue weighted by atomic mass is 32.1. The lowest BCUT2D eigenvalue weighted by Crippen LogP contribution is -2.27. The van der Waals surface area contributed by atoms with Crippen molar-refractivity contribution in [2.24, 2.45) is 0 Å². The van der Waals surface area contributed by atoms with E-state index in [0.29, 0.717) is 6.04 Å². The highest BCUT2D eigenvalue weighted by Gasteiger charge is 2.14. The first kappa shape index (κ1) is 9.11. The maximum Gasteiger partial charge on any atom is 0.204 e. The second-order valence-corrected chi connectivity index (χ2v) is 4.62. The molecule has 1 saturated heterocycles. The summed E-state index contributed by atoms with van der Waals surface area (Å²) in [5, 5.41) is 11.0. The monoisotopic (exact) mass is 217 g/mol. The molecule has 0 atom stereocenters. The lowest BCUT2D eigenvalue weighted by molar-refractivity contribution is 0.0904. The van der Waals surface area contributed by atoms with E-state index in [1.165, 1.54) is 11.3 Å². The molecule has 1 aromatic rings. The van der Waals surface area contributed by atoms with Crippen LogP contribution in [0.1, 0.15) is 12.8 Å². The summed E-state index contributed by atoms with van der Waals surface area (Å²) in [5.74, 6) is 0. The molecule has 1 fully saturated rings. The Morgan fingerprint density at radius 2 is 2.31 bits per heavy atom. The molecule has 2 N–H and O–H groups in total. The van der Waals surface area contributed by atoms with Crippen LogP contribution in [-0.2, 0) is 4.74 Å². The van der Waals surface area contributed by atoms with Gasteiger partial charge in [-0.2, -0.15) is 0 Å². The number of hydrogen-bond donors (Lipinski definition) is 2. The molecule has 2 heterocycles. The largest absolute Gasteiger partial charge is 0.381 e. The van der Waals surface area contributed by atoms with Crippen molar-refractivity contribution in [1.82, 2.24) is 10.2 Å². The minimum absolute atomic E-state index is 0.489. The van der Waals surface area contributed by atoms with Crippen molar-refractivity contribution in [1.29, 1.82) is 0 Å². The van der Waals surface area contributed by atoms with E-state index in [1.54, 1.807) is 0 Å². The molecule has 2 rings (SSSR count). The molecule has 0 unspecified atom stereocenters. The van der Waals surface area contributed by atoms with Crippen LogP contribution >= 0.6 is 23.6 Å². The number of H-pyrrole nitrogens is 1. The minimum atomic E-state index is 0.489. The predicted molar refractivity (Wildman–Crippen MR) is 54.8 cm³/mol. The molecule has 1 aliphatic heterocycles. The van der Waals surface area contributed by atoms with Gasteiger partial charge in [0.1, 0.15) is 0 Å². The smallest absolute Gasteiger partial charge is 0.204 e. The molecule has 0 radical (unpaired) electrons. The Kier molecular flexibility index (Phi) is 2.92. The maximum atomic E-state index is 5.26. The van der Waals surface area contributed by atoms with Crippen molar-refractivity contribution >= 4 is 28.7 Å². The van der Waals surface area contributed by atoms with Gasteiger partial charge in [0.05, 0.1) is 0 Å². The minimum Gasteiger partial charge on any atom is -0.381 e. The normalized spacial score (nSPS) is 18.8. The first-order valence-electron chi connectivity index (χ1n) is 4.24. The number of aromatic nitrogens is 2. The Morgan fingerprint density at radius 3 is 2.92 bits per heavy atom. The van der Waals surface area contributed by atoms with Gasteiger partial charge in [-0.1, -0.05) is 11.3 Å². The summed E-state index contributed by atoms with van der Waals surface area (Å²) >= 11 is 6.41. The summed E-state index contributed by atoms with van der Waals surface area (Å²) in [6.45, 7) is 1.68. The maximum absolute atomic E-state index is 5.26. The lowest BCUT2D eigenvalue weighted by atomic mass is 10.1. The van der Waals surface area contributed by atoms with Crippen LogP contribution < -0.4 is 5.32 Å². The van der Waals surface area contributed by atoms with Crippen molar-refractivity contribution in [2.45, 2.75) is 18.9 Å². The van der Waals surface area contributed by atoms with Gasteiger partial charge in [0.15, 0.2) is 3.95 Å². The van der Waals surface area contributed by atoms with Gasteiger partial charge in [-0.25, -0.2) is 0 Å². The van der Waals surface area contributed by atoms with Crippen LogP contribution in [0, 0.1) is 3.95 Å². The SMILES string of the molecule is S=c1[nH]nc(NC2CCOCC2)s1. The third-order valence-corrected chi connectivity index (χ3v) is 3.01. The van der Waals surface area contributed by atoms with E-state index in [1.807, 2.05) is 0 Å². The summed E-state index contributed by atoms with van der Waals surface area (Å²) in [7, 11) is 0. The first-order valence-corrected chi connectivity index (χ1v) is 5.47. The van der Waals surface area contributed by atoms with Gasteiger partial charge in [-0.3, -0.25) is 5.10 Å². The molecule has 6 heteroatoms. The van der Waals surface area contributed by atoms with Gasteiger partial charge >= 0.3 is 0 Å². The van der Waals surface area contributed by atoms with Crippen molar-refractivity contribution in [2.75, 3.05) is 18.5 Å². The Balaban J connectivity index is 1.93. The summed E-state index contributed by atoms with van der Waals surface area (Å²) < 4.78 is 5.97. The molecule has 72 valence electrons. The Bertz CT molecular complexity index is 316. The standard InChI is InChI=1S/C7H11N3OS2/c12-7-10-9-6(13-7)8-5-1-3-11-4-2-5/h5H,1-4H2,(H,8,9)(H,10,12). The second kappa shape index (κ2) is 4.17. The van der Waals surface area contributed by atoms with Crippen LogP contribution in [0.2, 0.25) is 0 Å². The van der Waals surface area contributed by atoms with Crippen LogP contribution in [0.5, 0.6) is 0 Å². The van der Waals surface area contributed by atoms with E-state index in [2.05, 4.69) is 15.5 Å². The molecule has 0 spiro atoms. The Morgan fingerprint density at radius 1 is 1.54 bits per heavy atom. The topological polar surface area (TPSA) is 49.9 Å². The molecule has 4 nitrogen and oxygen atoms in total. The van der Waals surface area contributed by atoms with Gasteiger partial charge in [0.25, 0.3) is 0 Å². The number of ether oxygens (including phenoxy) is 1. The van der Waals surface area contributed by atoms with Crippen molar-refractivity contribution in [3.63, 3.8) is 0 Å². The molecule has 13 heavy (non-hydrogen) atoms. The van der Waals surface area contributed by atoms with Crippen LogP contribution in [0.25, 0.3) is 0 Å². The van der Waals surface area contributed by atoms with Crippen LogP contribution in [0.3, 0.4) is 0 Å². The van der Waals surface area contributed by atoms with Gasteiger partial charge in [0, 0.05) is 19.3 Å². The summed E-state index contributed by atoms with van der Waals surface area (Å²) in [4.78, 5) is 0. The van der Waals surface area contributed by atoms with E-state index in [0.717, 1.165) is 35.1 Å². The highest BCUT2D eigenvalue weighted by molar-refractivity contribution is 7.73. The third kappa shape index (κ3) is 2.49. The van der Waals surface area contributed by atoms with Gasteiger partial charge < -0.3 is 10.1 Å². The molecule has 0 amide bonds. The van der Waals surface area contributed by atoms with Gasteiger partial charge in [0.2, 0.25) is 5.13 Å². The quantitative estimate of drug-likeness (QED) is 0.742. The molecule has 1 aliphatic rings. The molecule has 0 aliphatic carbocycles. The van der Waals surface area contributed by atoms with Gasteiger partial charge in [-0.15, -0.1) is 5.10 Å². The van der Waals surface area contributed by atoms with Crippen LogP contribution in [0.4, 0.5) is 5.13 Å². The number of rotatable bonds is 2. The third-order valence-electron chi connectivity index (χ3n) is 1.99. The lowest BCUT2D eigenvalue weighted by Gasteiger charge is -2.22. The van der Waals surface area contributed by atoms with Crippen LogP contribution in [0.15, 0.2) is 0 Å². The molecule has 0 bridgehead atoms. The number of aromatic amines is 1. The van der Waals surface area contributed by atoms with E-state index in [-0.39, 0.29) is 0 Å². The summed E-state index contributed by atoms with van der Waals surface area (Å²) in [5.41, 5.74) is 0. The van der Waals surface area contributed by atoms with Gasteiger partial charge in [-0.05, 0) is 25.1 Å². The fourth-order valence-corrected chi connectivity index (χ4v) is 2.17. The zero-order chi connectivity index (χ0) is 9.10. The number of anilines is 1. The van der Waals surface area contributed by atoms with E-state index in [4.69, 9.17) is 17.0 Å². The zero-order valence-electron chi connectivity index (χ0n) is 7.08. The number of hydrogen-bond acceptors (Lipinski definition) is 5. The summed E-state index contributed by atoms with van der Waals surface area (Å²) in [6.07, 6.45) is 2.10. The Hall–Kier alpha value is -0.460. The summed E-state index contributed by atoms with van der Waals surface area (Å²) in [6, 6.07) is 0.489. The molecule has 1 aromatic heterocycles. The molecular formula is C7H11N3OS2.